The van der Waals surface area contributed by atoms with E-state index in [0.717, 1.165) is 62.8 Å². The van der Waals surface area contributed by atoms with Crippen LogP contribution < -0.4 is 4.90 Å². The van der Waals surface area contributed by atoms with Gasteiger partial charge >= 0.3 is 0 Å². The molecule has 0 radical (unpaired) electrons. The largest absolute Gasteiger partial charge is 0.411 e. The molecule has 0 unspecified atom stereocenters. The summed E-state index contributed by atoms with van der Waals surface area (Å²) >= 11 is 0. The van der Waals surface area contributed by atoms with E-state index in [9.17, 15) is 0 Å². The fraction of sp³-hybridized carbons (Fsp3) is 0.533. The van der Waals surface area contributed by atoms with Crippen LogP contribution >= 0.6 is 0 Å². The molecule has 0 atom stereocenters. The van der Waals surface area contributed by atoms with Gasteiger partial charge in [-0.2, -0.15) is 0 Å². The molecule has 102 valence electrons. The Morgan fingerprint density at radius 3 is 2.84 bits per heavy atom. The first-order valence-electron chi connectivity index (χ1n) is 7.01. The third-order valence-electron chi connectivity index (χ3n) is 4.11. The molecule has 0 aliphatic carbocycles. The zero-order valence-corrected chi connectivity index (χ0v) is 11.1. The highest BCUT2D eigenvalue weighted by atomic mass is 16.5. The molecule has 0 amide bonds. The van der Waals surface area contributed by atoms with Gasteiger partial charge in [0.2, 0.25) is 0 Å². The molecule has 4 heteroatoms. The highest BCUT2D eigenvalue weighted by molar-refractivity contribution is 6.06. The number of oxime groups is 1. The molecule has 1 saturated heterocycles. The van der Waals surface area contributed by atoms with Gasteiger partial charge in [0, 0.05) is 44.0 Å². The summed E-state index contributed by atoms with van der Waals surface area (Å²) in [6, 6.07) is 8.22. The molecular formula is C15H20N2O2. The number of hydrogen-bond donors (Lipinski definition) is 1. The van der Waals surface area contributed by atoms with E-state index in [4.69, 9.17) is 9.94 Å². The van der Waals surface area contributed by atoms with Crippen molar-refractivity contribution in [3.05, 3.63) is 29.8 Å². The quantitative estimate of drug-likeness (QED) is 0.656. The van der Waals surface area contributed by atoms with Gasteiger partial charge in [0.05, 0.1) is 5.71 Å². The van der Waals surface area contributed by atoms with Crippen LogP contribution in [-0.2, 0) is 4.74 Å². The summed E-state index contributed by atoms with van der Waals surface area (Å²) in [4.78, 5) is 2.43. The van der Waals surface area contributed by atoms with E-state index in [-0.39, 0.29) is 0 Å². The van der Waals surface area contributed by atoms with Crippen LogP contribution in [0.15, 0.2) is 29.4 Å². The Hall–Kier alpha value is -1.55. The number of para-hydroxylation sites is 1. The monoisotopic (exact) mass is 260 g/mol. The van der Waals surface area contributed by atoms with Crippen molar-refractivity contribution in [1.82, 2.24) is 0 Å². The predicted octanol–water partition coefficient (Wildman–Crippen LogP) is 2.50. The minimum atomic E-state index is 0.717. The molecule has 0 bridgehead atoms. The van der Waals surface area contributed by atoms with E-state index in [1.54, 1.807) is 0 Å². The van der Waals surface area contributed by atoms with Crippen molar-refractivity contribution in [1.29, 1.82) is 0 Å². The highest BCUT2D eigenvalue weighted by Gasteiger charge is 2.24. The summed E-state index contributed by atoms with van der Waals surface area (Å²) in [5, 5.41) is 12.5. The number of ether oxygens (including phenoxy) is 1. The summed E-state index contributed by atoms with van der Waals surface area (Å²) in [7, 11) is 0. The second kappa shape index (κ2) is 5.61. The SMILES string of the molecule is ON=C1CCN(CC2CCOCC2)c2ccccc21. The fourth-order valence-corrected chi connectivity index (χ4v) is 3.02. The maximum absolute atomic E-state index is 9.10. The predicted molar refractivity (Wildman–Crippen MR) is 75.1 cm³/mol. The topological polar surface area (TPSA) is 45.1 Å². The second-order valence-electron chi connectivity index (χ2n) is 5.32. The Kier molecular flexibility index (Phi) is 3.69. The van der Waals surface area contributed by atoms with Crippen molar-refractivity contribution in [3.63, 3.8) is 0 Å². The Balaban J connectivity index is 1.79. The standard InChI is InChI=1S/C15H20N2O2/c18-16-14-5-8-17(11-12-6-9-19-10-7-12)15-4-2-1-3-13(14)15/h1-4,12,18H,5-11H2. The maximum atomic E-state index is 9.10. The average molecular weight is 260 g/mol. The average Bonchev–Trinajstić information content (AvgIpc) is 2.49. The summed E-state index contributed by atoms with van der Waals surface area (Å²) in [6.07, 6.45) is 3.12. The lowest BCUT2D eigenvalue weighted by Crippen LogP contribution is -2.37. The summed E-state index contributed by atoms with van der Waals surface area (Å²) in [5.74, 6) is 0.717. The molecule has 1 aromatic rings. The molecule has 0 aromatic heterocycles. The molecule has 1 aromatic carbocycles. The Labute approximate surface area is 113 Å². The van der Waals surface area contributed by atoms with Gasteiger partial charge in [-0.05, 0) is 24.8 Å². The number of benzene rings is 1. The van der Waals surface area contributed by atoms with Crippen molar-refractivity contribution in [2.45, 2.75) is 19.3 Å². The lowest BCUT2D eigenvalue weighted by Gasteiger charge is -2.35. The molecule has 19 heavy (non-hydrogen) atoms. The van der Waals surface area contributed by atoms with Crippen LogP contribution in [0, 0.1) is 5.92 Å². The third-order valence-corrected chi connectivity index (χ3v) is 4.11. The molecule has 4 nitrogen and oxygen atoms in total. The van der Waals surface area contributed by atoms with Crippen molar-refractivity contribution in [2.24, 2.45) is 11.1 Å². The lowest BCUT2D eigenvalue weighted by atomic mass is 9.95. The zero-order valence-electron chi connectivity index (χ0n) is 11.1. The maximum Gasteiger partial charge on any atom is 0.0906 e. The van der Waals surface area contributed by atoms with Crippen LogP contribution in [0.2, 0.25) is 0 Å². The molecule has 0 saturated carbocycles. The van der Waals surface area contributed by atoms with Crippen LogP contribution in [0.1, 0.15) is 24.8 Å². The second-order valence-corrected chi connectivity index (χ2v) is 5.32. The zero-order chi connectivity index (χ0) is 13.1. The van der Waals surface area contributed by atoms with Gasteiger partial charge in [0.15, 0.2) is 0 Å². The van der Waals surface area contributed by atoms with Gasteiger partial charge in [-0.15, -0.1) is 0 Å². The van der Waals surface area contributed by atoms with Gasteiger partial charge in [0.25, 0.3) is 0 Å². The normalized spacial score (nSPS) is 22.5. The van der Waals surface area contributed by atoms with Crippen LogP contribution in [-0.4, -0.2) is 37.2 Å². The number of anilines is 1. The van der Waals surface area contributed by atoms with E-state index in [1.165, 1.54) is 5.69 Å². The lowest BCUT2D eigenvalue weighted by molar-refractivity contribution is 0.0682. The minimum absolute atomic E-state index is 0.717. The smallest absolute Gasteiger partial charge is 0.0906 e. The molecule has 1 N–H and O–H groups in total. The summed E-state index contributed by atoms with van der Waals surface area (Å²) in [5.41, 5.74) is 3.08. The Morgan fingerprint density at radius 1 is 1.26 bits per heavy atom. The van der Waals surface area contributed by atoms with Gasteiger partial charge in [0.1, 0.15) is 0 Å². The van der Waals surface area contributed by atoms with Crippen molar-refractivity contribution >= 4 is 11.4 Å². The van der Waals surface area contributed by atoms with E-state index >= 15 is 0 Å². The number of rotatable bonds is 2. The van der Waals surface area contributed by atoms with Crippen LogP contribution in [0.25, 0.3) is 0 Å². The number of fused-ring (bicyclic) bond motifs is 1. The first-order valence-corrected chi connectivity index (χ1v) is 7.01. The summed E-state index contributed by atoms with van der Waals surface area (Å²) < 4.78 is 5.42. The van der Waals surface area contributed by atoms with Crippen molar-refractivity contribution in [3.8, 4) is 0 Å². The highest BCUT2D eigenvalue weighted by Crippen LogP contribution is 2.29. The van der Waals surface area contributed by atoms with Crippen molar-refractivity contribution in [2.75, 3.05) is 31.2 Å². The van der Waals surface area contributed by atoms with Crippen molar-refractivity contribution < 1.29 is 9.94 Å². The molecular weight excluding hydrogens is 240 g/mol. The number of nitrogens with zero attached hydrogens (tertiary/aromatic N) is 2. The van der Waals surface area contributed by atoms with Gasteiger partial charge < -0.3 is 14.8 Å². The molecule has 2 heterocycles. The van der Waals surface area contributed by atoms with E-state index < -0.39 is 0 Å². The van der Waals surface area contributed by atoms with Gasteiger partial charge in [-0.1, -0.05) is 23.4 Å². The van der Waals surface area contributed by atoms with Gasteiger partial charge in [-0.25, -0.2) is 0 Å². The molecule has 2 aliphatic rings. The van der Waals surface area contributed by atoms with Gasteiger partial charge in [-0.3, -0.25) is 0 Å². The van der Waals surface area contributed by atoms with Crippen LogP contribution in [0.5, 0.6) is 0 Å². The Bertz CT molecular complexity index is 467. The minimum Gasteiger partial charge on any atom is -0.411 e. The molecule has 1 fully saturated rings. The summed E-state index contributed by atoms with van der Waals surface area (Å²) in [6.45, 7) is 3.81. The molecule has 3 rings (SSSR count). The van der Waals surface area contributed by atoms with Crippen LogP contribution in [0.3, 0.4) is 0 Å². The van der Waals surface area contributed by atoms with E-state index in [0.29, 0.717) is 0 Å². The number of hydrogen-bond acceptors (Lipinski definition) is 4. The fourth-order valence-electron chi connectivity index (χ4n) is 3.02. The van der Waals surface area contributed by atoms with Crippen LogP contribution in [0.4, 0.5) is 5.69 Å². The first kappa shape index (κ1) is 12.5. The Morgan fingerprint density at radius 2 is 2.05 bits per heavy atom. The molecule has 0 spiro atoms. The van der Waals surface area contributed by atoms with E-state index in [1.807, 2.05) is 12.1 Å². The third kappa shape index (κ3) is 2.59. The molecule has 2 aliphatic heterocycles. The first-order chi connectivity index (χ1) is 9.38. The van der Waals surface area contributed by atoms with E-state index in [2.05, 4.69) is 22.2 Å².